The Hall–Kier alpha value is -3.25. The van der Waals surface area contributed by atoms with E-state index in [2.05, 4.69) is 28.1 Å². The van der Waals surface area contributed by atoms with E-state index in [9.17, 15) is 9.59 Å². The molecule has 174 valence electrons. The maximum atomic E-state index is 13.7. The lowest BCUT2D eigenvalue weighted by molar-refractivity contribution is -0.136. The minimum absolute atomic E-state index is 0.0354. The average Bonchev–Trinajstić information content (AvgIpc) is 2.85. The van der Waals surface area contributed by atoms with E-state index in [-0.39, 0.29) is 17.4 Å². The molecule has 0 saturated carbocycles. The van der Waals surface area contributed by atoms with Gasteiger partial charge in [-0.25, -0.2) is 4.98 Å². The van der Waals surface area contributed by atoms with Crippen molar-refractivity contribution in [2.75, 3.05) is 6.54 Å². The van der Waals surface area contributed by atoms with Gasteiger partial charge in [0.1, 0.15) is 5.82 Å². The first kappa shape index (κ1) is 23.9. The van der Waals surface area contributed by atoms with Gasteiger partial charge in [-0.2, -0.15) is 0 Å². The number of carbonyl (C=O) groups is 1. The monoisotopic (exact) mass is 517 g/mol. The Balaban J connectivity index is 1.84. The summed E-state index contributed by atoms with van der Waals surface area (Å²) in [6.45, 7) is 6.29. The Morgan fingerprint density at radius 3 is 2.26 bits per heavy atom. The molecule has 0 saturated heterocycles. The molecule has 3 aromatic carbocycles. The molecule has 1 unspecified atom stereocenters. The predicted molar refractivity (Wildman–Crippen MR) is 140 cm³/mol. The highest BCUT2D eigenvalue weighted by atomic mass is 79.9. The Kier molecular flexibility index (Phi) is 7.27. The van der Waals surface area contributed by atoms with Gasteiger partial charge in [-0.3, -0.25) is 14.2 Å². The fourth-order valence-corrected chi connectivity index (χ4v) is 4.39. The first-order chi connectivity index (χ1) is 16.4. The second-order valence-electron chi connectivity index (χ2n) is 8.70. The van der Waals surface area contributed by atoms with E-state index in [0.29, 0.717) is 29.0 Å². The van der Waals surface area contributed by atoms with Crippen LogP contribution in [0.1, 0.15) is 38.2 Å². The standard InChI is InChI=1S/C28H28BrN3O2/c1-19(2)27(33)31(18-17-21-9-5-4-6-10-21)20(3)26-30-25-12-8-7-11-24(25)28(34)32(26)23-15-13-22(29)14-16-23/h4-16,19-20H,17-18H2,1-3H3. The minimum Gasteiger partial charge on any atom is -0.332 e. The summed E-state index contributed by atoms with van der Waals surface area (Å²) in [4.78, 5) is 33.7. The molecule has 1 aromatic heterocycles. The SMILES string of the molecule is CC(C)C(=O)N(CCc1ccccc1)C(C)c1nc2ccccc2c(=O)n1-c1ccc(Br)cc1. The van der Waals surface area contributed by atoms with Crippen LogP contribution in [0, 0.1) is 5.92 Å². The summed E-state index contributed by atoms with van der Waals surface area (Å²) in [7, 11) is 0. The van der Waals surface area contributed by atoms with E-state index in [1.54, 1.807) is 10.6 Å². The molecule has 0 spiro atoms. The van der Waals surface area contributed by atoms with Crippen LogP contribution in [-0.4, -0.2) is 26.9 Å². The number of rotatable bonds is 7. The van der Waals surface area contributed by atoms with Crippen molar-refractivity contribution in [1.82, 2.24) is 14.5 Å². The van der Waals surface area contributed by atoms with E-state index in [1.807, 2.05) is 86.3 Å². The summed E-state index contributed by atoms with van der Waals surface area (Å²) in [5.74, 6) is 0.410. The molecule has 1 amide bonds. The fraction of sp³-hybridized carbons (Fsp3) is 0.250. The van der Waals surface area contributed by atoms with Crippen LogP contribution in [0.3, 0.4) is 0 Å². The summed E-state index contributed by atoms with van der Waals surface area (Å²) in [5.41, 5.74) is 2.36. The molecule has 4 rings (SSSR count). The van der Waals surface area contributed by atoms with Gasteiger partial charge in [0.2, 0.25) is 5.91 Å². The van der Waals surface area contributed by atoms with Crippen LogP contribution in [-0.2, 0) is 11.2 Å². The number of amides is 1. The Bertz CT molecular complexity index is 1350. The Morgan fingerprint density at radius 2 is 1.59 bits per heavy atom. The molecule has 4 aromatic rings. The molecule has 1 heterocycles. The van der Waals surface area contributed by atoms with Crippen LogP contribution in [0.2, 0.25) is 0 Å². The van der Waals surface area contributed by atoms with Crippen molar-refractivity contribution in [1.29, 1.82) is 0 Å². The van der Waals surface area contributed by atoms with Crippen LogP contribution in [0.15, 0.2) is 88.1 Å². The average molecular weight is 518 g/mol. The van der Waals surface area contributed by atoms with E-state index < -0.39 is 6.04 Å². The van der Waals surface area contributed by atoms with Crippen molar-refractivity contribution >= 4 is 32.7 Å². The van der Waals surface area contributed by atoms with Gasteiger partial charge in [0.25, 0.3) is 5.56 Å². The molecule has 0 aliphatic rings. The number of aromatic nitrogens is 2. The second kappa shape index (κ2) is 10.3. The number of carbonyl (C=O) groups excluding carboxylic acids is 1. The van der Waals surface area contributed by atoms with Gasteiger partial charge in [0.05, 0.1) is 22.6 Å². The molecule has 0 radical (unpaired) electrons. The third-order valence-corrected chi connectivity index (χ3v) is 6.52. The molecule has 0 aliphatic carbocycles. The minimum atomic E-state index is -0.403. The van der Waals surface area contributed by atoms with Gasteiger partial charge >= 0.3 is 0 Å². The zero-order valence-corrected chi connectivity index (χ0v) is 21.2. The lowest BCUT2D eigenvalue weighted by Gasteiger charge is -2.32. The molecule has 0 bridgehead atoms. The van der Waals surface area contributed by atoms with Crippen molar-refractivity contribution in [3.63, 3.8) is 0 Å². The van der Waals surface area contributed by atoms with Crippen LogP contribution >= 0.6 is 15.9 Å². The molecule has 5 nitrogen and oxygen atoms in total. The molecule has 34 heavy (non-hydrogen) atoms. The first-order valence-electron chi connectivity index (χ1n) is 11.5. The van der Waals surface area contributed by atoms with E-state index in [0.717, 1.165) is 16.5 Å². The molecular weight excluding hydrogens is 490 g/mol. The Labute approximate surface area is 208 Å². The number of hydrogen-bond acceptors (Lipinski definition) is 3. The lowest BCUT2D eigenvalue weighted by Crippen LogP contribution is -2.40. The summed E-state index contributed by atoms with van der Waals surface area (Å²) in [5, 5.41) is 0.549. The topological polar surface area (TPSA) is 55.2 Å². The predicted octanol–water partition coefficient (Wildman–Crippen LogP) is 5.94. The van der Waals surface area contributed by atoms with Crippen LogP contribution in [0.25, 0.3) is 16.6 Å². The van der Waals surface area contributed by atoms with Crippen molar-refractivity contribution in [3.8, 4) is 5.69 Å². The highest BCUT2D eigenvalue weighted by Crippen LogP contribution is 2.25. The zero-order valence-electron chi connectivity index (χ0n) is 19.6. The highest BCUT2D eigenvalue weighted by Gasteiger charge is 2.28. The number of nitrogens with zero attached hydrogens (tertiary/aromatic N) is 3. The molecular formula is C28H28BrN3O2. The van der Waals surface area contributed by atoms with Crippen molar-refractivity contribution < 1.29 is 4.79 Å². The van der Waals surface area contributed by atoms with Gasteiger partial charge in [0, 0.05) is 16.9 Å². The summed E-state index contributed by atoms with van der Waals surface area (Å²) in [6, 6.07) is 24.6. The largest absolute Gasteiger partial charge is 0.332 e. The lowest BCUT2D eigenvalue weighted by atomic mass is 10.1. The van der Waals surface area contributed by atoms with Crippen LogP contribution < -0.4 is 5.56 Å². The number of benzene rings is 3. The van der Waals surface area contributed by atoms with Crippen molar-refractivity contribution in [2.24, 2.45) is 5.92 Å². The number of halogens is 1. The molecule has 0 fully saturated rings. The highest BCUT2D eigenvalue weighted by molar-refractivity contribution is 9.10. The maximum absolute atomic E-state index is 13.7. The van der Waals surface area contributed by atoms with Gasteiger partial charge in [-0.05, 0) is 55.3 Å². The van der Waals surface area contributed by atoms with Crippen molar-refractivity contribution in [2.45, 2.75) is 33.2 Å². The van der Waals surface area contributed by atoms with Gasteiger partial charge in [-0.15, -0.1) is 0 Å². The smallest absolute Gasteiger partial charge is 0.266 e. The van der Waals surface area contributed by atoms with E-state index in [4.69, 9.17) is 4.98 Å². The number of para-hydroxylation sites is 1. The molecule has 0 aliphatic heterocycles. The molecule has 6 heteroatoms. The summed E-state index contributed by atoms with van der Waals surface area (Å²) < 4.78 is 2.56. The van der Waals surface area contributed by atoms with Crippen molar-refractivity contribution in [3.05, 3.63) is 105 Å². The normalized spacial score (nSPS) is 12.1. The zero-order chi connectivity index (χ0) is 24.2. The maximum Gasteiger partial charge on any atom is 0.266 e. The van der Waals surface area contributed by atoms with E-state index in [1.165, 1.54) is 0 Å². The fourth-order valence-electron chi connectivity index (χ4n) is 4.13. The first-order valence-corrected chi connectivity index (χ1v) is 12.3. The van der Waals surface area contributed by atoms with Crippen LogP contribution in [0.5, 0.6) is 0 Å². The quantitative estimate of drug-likeness (QED) is 0.305. The van der Waals surface area contributed by atoms with Gasteiger partial charge < -0.3 is 4.90 Å². The van der Waals surface area contributed by atoms with Crippen LogP contribution in [0.4, 0.5) is 0 Å². The second-order valence-corrected chi connectivity index (χ2v) is 9.62. The number of hydrogen-bond donors (Lipinski definition) is 0. The van der Waals surface area contributed by atoms with Gasteiger partial charge in [-0.1, -0.05) is 72.2 Å². The third kappa shape index (κ3) is 4.97. The summed E-state index contributed by atoms with van der Waals surface area (Å²) in [6.07, 6.45) is 0.722. The molecule has 0 N–H and O–H groups in total. The van der Waals surface area contributed by atoms with E-state index >= 15 is 0 Å². The molecule has 1 atom stereocenters. The summed E-state index contributed by atoms with van der Waals surface area (Å²) >= 11 is 3.47. The third-order valence-electron chi connectivity index (χ3n) is 5.99. The van der Waals surface area contributed by atoms with Gasteiger partial charge in [0.15, 0.2) is 0 Å². The number of fused-ring (bicyclic) bond motifs is 1. The Morgan fingerprint density at radius 1 is 0.941 bits per heavy atom.